The lowest BCUT2D eigenvalue weighted by Crippen LogP contribution is -2.00. The highest BCUT2D eigenvalue weighted by Crippen LogP contribution is 2.43. The van der Waals surface area contributed by atoms with Gasteiger partial charge in [-0.3, -0.25) is 0 Å². The molecule has 0 N–H and O–H groups in total. The first-order valence-corrected chi connectivity index (χ1v) is 17.8. The SMILES string of the molecule is [C-]#[N+]c1ccc(-c2nc3cc(-c4cccc(-c5nc(-c6ccccc6)nc(-c6ccccc6)n5)c4)ccc3c3c4ccccc4c4ccccc4c23)cc1. The molecule has 0 aliphatic heterocycles. The summed E-state index contributed by atoms with van der Waals surface area (Å²) in [4.78, 5) is 23.9. The summed E-state index contributed by atoms with van der Waals surface area (Å²) in [6.07, 6.45) is 0. The van der Waals surface area contributed by atoms with Crippen LogP contribution in [-0.2, 0) is 0 Å². The first kappa shape index (κ1) is 31.2. The van der Waals surface area contributed by atoms with Crippen molar-refractivity contribution in [2.45, 2.75) is 0 Å². The minimum atomic E-state index is 0.603. The topological polar surface area (TPSA) is 55.9 Å². The maximum absolute atomic E-state index is 7.53. The van der Waals surface area contributed by atoms with Crippen molar-refractivity contribution >= 4 is 48.9 Å². The molecule has 0 saturated heterocycles. The fraction of sp³-hybridized carbons (Fsp3) is 0. The van der Waals surface area contributed by atoms with Crippen molar-refractivity contribution < 1.29 is 0 Å². The van der Waals surface area contributed by atoms with Crippen molar-refractivity contribution in [2.75, 3.05) is 0 Å². The summed E-state index contributed by atoms with van der Waals surface area (Å²) in [5.41, 5.74) is 8.20. The second-order valence-corrected chi connectivity index (χ2v) is 13.3. The average Bonchev–Trinajstić information content (AvgIpc) is 3.26. The normalized spacial score (nSPS) is 11.3. The molecule has 0 unspecified atom stereocenters. The highest BCUT2D eigenvalue weighted by molar-refractivity contribution is 6.33. The van der Waals surface area contributed by atoms with Gasteiger partial charge in [0.05, 0.1) is 17.8 Å². The molecule has 0 atom stereocenters. The standard InChI is InChI=1S/C49H29N5/c1-50-37-26-23-31(24-27-37)46-45-41-22-11-9-20-39(41)38-19-8-10-21-40(38)44(45)42-28-25-35(30-43(42)51-46)34-17-12-18-36(29-34)49-53-47(32-13-4-2-5-14-32)52-48(54-49)33-15-6-3-7-16-33/h2-30H. The fourth-order valence-corrected chi connectivity index (χ4v) is 7.54. The zero-order valence-corrected chi connectivity index (χ0v) is 29.0. The molecule has 0 spiro atoms. The molecule has 0 radical (unpaired) electrons. The van der Waals surface area contributed by atoms with Crippen LogP contribution < -0.4 is 0 Å². The van der Waals surface area contributed by atoms with Crippen molar-refractivity contribution in [1.29, 1.82) is 0 Å². The lowest BCUT2D eigenvalue weighted by molar-refractivity contribution is 1.07. The molecule has 0 saturated carbocycles. The minimum absolute atomic E-state index is 0.603. The van der Waals surface area contributed by atoms with E-state index in [4.69, 9.17) is 26.5 Å². The largest absolute Gasteiger partial charge is 0.247 e. The molecule has 0 aliphatic carbocycles. The van der Waals surface area contributed by atoms with E-state index in [9.17, 15) is 0 Å². The van der Waals surface area contributed by atoms with Gasteiger partial charge in [0.2, 0.25) is 0 Å². The van der Waals surface area contributed by atoms with Crippen molar-refractivity contribution in [1.82, 2.24) is 19.9 Å². The van der Waals surface area contributed by atoms with Crippen molar-refractivity contribution in [3.8, 4) is 56.5 Å². The van der Waals surface area contributed by atoms with Gasteiger partial charge >= 0.3 is 0 Å². The zero-order chi connectivity index (χ0) is 36.0. The van der Waals surface area contributed by atoms with E-state index in [-0.39, 0.29) is 0 Å². The highest BCUT2D eigenvalue weighted by Gasteiger charge is 2.19. The van der Waals surface area contributed by atoms with Crippen LogP contribution in [0.4, 0.5) is 5.69 Å². The van der Waals surface area contributed by atoms with Crippen LogP contribution in [-0.4, -0.2) is 19.9 Å². The number of fused-ring (bicyclic) bond motifs is 8. The Balaban J connectivity index is 1.18. The Kier molecular flexibility index (Phi) is 7.45. The maximum Gasteiger partial charge on any atom is 0.187 e. The number of pyridine rings is 1. The van der Waals surface area contributed by atoms with Crippen LogP contribution in [0.5, 0.6) is 0 Å². The van der Waals surface area contributed by atoms with Gasteiger partial charge in [-0.15, -0.1) is 0 Å². The number of aromatic nitrogens is 4. The van der Waals surface area contributed by atoms with Crippen LogP contribution in [0.3, 0.4) is 0 Å². The molecular weight excluding hydrogens is 659 g/mol. The Morgan fingerprint density at radius 3 is 1.43 bits per heavy atom. The van der Waals surface area contributed by atoms with Crippen LogP contribution >= 0.6 is 0 Å². The van der Waals surface area contributed by atoms with E-state index in [2.05, 4.69) is 95.8 Å². The first-order chi connectivity index (χ1) is 26.7. The van der Waals surface area contributed by atoms with Gasteiger partial charge in [0.25, 0.3) is 0 Å². The monoisotopic (exact) mass is 687 g/mol. The lowest BCUT2D eigenvalue weighted by atomic mass is 9.89. The van der Waals surface area contributed by atoms with E-state index in [0.717, 1.165) is 60.8 Å². The van der Waals surface area contributed by atoms with E-state index < -0.39 is 0 Å². The molecule has 2 aromatic heterocycles. The van der Waals surface area contributed by atoms with E-state index >= 15 is 0 Å². The van der Waals surface area contributed by atoms with E-state index in [1.54, 1.807) is 0 Å². The smallest absolute Gasteiger partial charge is 0.187 e. The number of hydrogen-bond donors (Lipinski definition) is 0. The molecule has 10 aromatic rings. The van der Waals surface area contributed by atoms with E-state index in [1.807, 2.05) is 84.9 Å². The van der Waals surface area contributed by atoms with Gasteiger partial charge in [0.15, 0.2) is 23.2 Å². The number of hydrogen-bond acceptors (Lipinski definition) is 4. The van der Waals surface area contributed by atoms with Crippen molar-refractivity contribution in [3.05, 3.63) is 187 Å². The Labute approximate surface area is 311 Å². The molecule has 0 aliphatic rings. The van der Waals surface area contributed by atoms with Gasteiger partial charge in [0.1, 0.15) is 0 Å². The molecule has 5 nitrogen and oxygen atoms in total. The Morgan fingerprint density at radius 1 is 0.333 bits per heavy atom. The Morgan fingerprint density at radius 2 is 0.815 bits per heavy atom. The number of nitrogens with zero attached hydrogens (tertiary/aromatic N) is 5. The molecule has 0 bridgehead atoms. The second-order valence-electron chi connectivity index (χ2n) is 13.3. The third kappa shape index (κ3) is 5.33. The fourth-order valence-electron chi connectivity index (χ4n) is 7.54. The van der Waals surface area contributed by atoms with Gasteiger partial charge in [-0.2, -0.15) is 0 Å². The Hall–Kier alpha value is -7.55. The third-order valence-electron chi connectivity index (χ3n) is 10.1. The van der Waals surface area contributed by atoms with Crippen molar-refractivity contribution in [2.24, 2.45) is 0 Å². The summed E-state index contributed by atoms with van der Waals surface area (Å²) in [5, 5.41) is 8.12. The summed E-state index contributed by atoms with van der Waals surface area (Å²) in [7, 11) is 0. The predicted octanol–water partition coefficient (Wildman–Crippen LogP) is 12.8. The molecule has 8 aromatic carbocycles. The number of benzene rings is 8. The summed E-state index contributed by atoms with van der Waals surface area (Å²) < 4.78 is 0. The molecular formula is C49H29N5. The van der Waals surface area contributed by atoms with Gasteiger partial charge in [0, 0.05) is 32.8 Å². The van der Waals surface area contributed by atoms with Gasteiger partial charge in [-0.25, -0.2) is 24.8 Å². The highest BCUT2D eigenvalue weighted by atomic mass is 15.0. The molecule has 5 heteroatoms. The molecule has 54 heavy (non-hydrogen) atoms. The summed E-state index contributed by atoms with van der Waals surface area (Å²) in [6, 6.07) is 60.0. The average molecular weight is 688 g/mol. The second kappa shape index (κ2) is 12.9. The number of rotatable bonds is 5. The van der Waals surface area contributed by atoms with E-state index in [1.165, 1.54) is 21.5 Å². The van der Waals surface area contributed by atoms with E-state index in [0.29, 0.717) is 23.2 Å². The first-order valence-electron chi connectivity index (χ1n) is 17.8. The zero-order valence-electron chi connectivity index (χ0n) is 29.0. The molecule has 2 heterocycles. The van der Waals surface area contributed by atoms with Crippen molar-refractivity contribution in [3.63, 3.8) is 0 Å². The van der Waals surface area contributed by atoms with Crippen LogP contribution in [0.25, 0.3) is 105 Å². The molecule has 0 amide bonds. The quantitative estimate of drug-likeness (QED) is 0.133. The lowest BCUT2D eigenvalue weighted by Gasteiger charge is -2.17. The molecule has 250 valence electrons. The molecule has 0 fully saturated rings. The Bertz CT molecular complexity index is 3040. The maximum atomic E-state index is 7.53. The molecule has 10 rings (SSSR count). The third-order valence-corrected chi connectivity index (χ3v) is 10.1. The van der Waals surface area contributed by atoms with Crippen LogP contribution in [0.15, 0.2) is 176 Å². The summed E-state index contributed by atoms with van der Waals surface area (Å²) in [5.74, 6) is 1.87. The summed E-state index contributed by atoms with van der Waals surface area (Å²) >= 11 is 0. The van der Waals surface area contributed by atoms with Gasteiger partial charge in [-0.05, 0) is 50.4 Å². The van der Waals surface area contributed by atoms with Crippen LogP contribution in [0.1, 0.15) is 0 Å². The van der Waals surface area contributed by atoms with Crippen LogP contribution in [0, 0.1) is 6.57 Å². The minimum Gasteiger partial charge on any atom is -0.247 e. The van der Waals surface area contributed by atoms with Gasteiger partial charge in [-0.1, -0.05) is 164 Å². The van der Waals surface area contributed by atoms with Crippen LogP contribution in [0.2, 0.25) is 0 Å². The summed E-state index contributed by atoms with van der Waals surface area (Å²) in [6.45, 7) is 7.53. The van der Waals surface area contributed by atoms with Gasteiger partial charge < -0.3 is 0 Å². The predicted molar refractivity (Wildman–Crippen MR) is 221 cm³/mol.